The number of H-pyrrole nitrogens is 1. The largest absolute Gasteiger partial charge is 0.497 e. The SMILES string of the molecule is COc1ccc(C(OC[C@@H](OCn2cnc3c(=O)[nH]c(NC(=O)CCNC(=O)OCC4c5ccccc5-c5ccccc54)nc32)C(C)O)(c2ccccc2)c2ccc(OC)cc2)cc1. The van der Waals surface area contributed by atoms with Gasteiger partial charge in [-0.1, -0.05) is 103 Å². The van der Waals surface area contributed by atoms with Gasteiger partial charge in [0.05, 0.1) is 33.3 Å². The second-order valence-electron chi connectivity index (χ2n) is 15.2. The van der Waals surface area contributed by atoms with E-state index in [0.29, 0.717) is 11.5 Å². The normalized spacial score (nSPS) is 13.1. The highest BCUT2D eigenvalue weighted by Gasteiger charge is 2.39. The quantitative estimate of drug-likeness (QED) is 0.0670. The summed E-state index contributed by atoms with van der Waals surface area (Å²) in [7, 11) is 3.21. The summed E-state index contributed by atoms with van der Waals surface area (Å²) >= 11 is 0. The van der Waals surface area contributed by atoms with Gasteiger partial charge in [-0.15, -0.1) is 0 Å². The van der Waals surface area contributed by atoms with E-state index in [9.17, 15) is 19.5 Å². The molecule has 2 heterocycles. The lowest BCUT2D eigenvalue weighted by Crippen LogP contribution is -2.39. The average Bonchev–Trinajstić information content (AvgIpc) is 3.88. The van der Waals surface area contributed by atoms with Gasteiger partial charge in [-0.05, 0) is 70.1 Å². The Kier molecular flexibility index (Phi) is 13.1. The molecule has 2 amide bonds. The van der Waals surface area contributed by atoms with E-state index < -0.39 is 35.4 Å². The summed E-state index contributed by atoms with van der Waals surface area (Å²) in [6, 6.07) is 41.1. The molecule has 1 unspecified atom stereocenters. The third-order valence-electron chi connectivity index (χ3n) is 11.3. The molecular weight excluding hydrogens is 817 g/mol. The van der Waals surface area contributed by atoms with Gasteiger partial charge in [0, 0.05) is 18.9 Å². The second kappa shape index (κ2) is 19.4. The first kappa shape index (κ1) is 43.3. The van der Waals surface area contributed by atoms with Crippen LogP contribution in [0.1, 0.15) is 47.1 Å². The number of carbonyl (C=O) groups excluding carboxylic acids is 2. The van der Waals surface area contributed by atoms with E-state index in [1.807, 2.05) is 115 Å². The Hall–Kier alpha value is -7.33. The molecule has 0 fully saturated rings. The maximum atomic E-state index is 13.1. The van der Waals surface area contributed by atoms with Crippen LogP contribution in [0.25, 0.3) is 22.3 Å². The van der Waals surface area contributed by atoms with Crippen molar-refractivity contribution in [2.75, 3.05) is 39.3 Å². The molecule has 0 saturated carbocycles. The lowest BCUT2D eigenvalue weighted by Gasteiger charge is -2.37. The van der Waals surface area contributed by atoms with E-state index in [0.717, 1.165) is 38.9 Å². The third kappa shape index (κ3) is 9.08. The standard InChI is InChI=1S/C49H48N6O9/c1-31(56)42(28-64-49(32-11-5-4-6-12-32,33-17-21-35(60-2)22-18-33)34-19-23-36(61-3)24-20-34)63-30-55-29-51-44-45(55)53-47(54-46(44)58)52-43(57)25-26-50-48(59)62-27-41-39-15-9-7-13-37(39)38-14-8-10-16-40(38)41/h4-24,29,31,41-42,56H,25-28,30H2,1-3H3,(H,50,59)(H2,52,53,54,57,58)/t31?,42-/m1/s1. The van der Waals surface area contributed by atoms with Gasteiger partial charge in [-0.2, -0.15) is 4.98 Å². The number of alkyl carbamates (subject to hydrolysis) is 1. The Morgan fingerprint density at radius 1 is 0.812 bits per heavy atom. The number of anilines is 1. The number of imidazole rings is 1. The third-order valence-corrected chi connectivity index (χ3v) is 11.3. The predicted molar refractivity (Wildman–Crippen MR) is 239 cm³/mol. The molecule has 0 radical (unpaired) electrons. The first-order valence-corrected chi connectivity index (χ1v) is 20.8. The fourth-order valence-corrected chi connectivity index (χ4v) is 8.01. The highest BCUT2D eigenvalue weighted by atomic mass is 16.6. The molecule has 4 N–H and O–H groups in total. The number of fused-ring (bicyclic) bond motifs is 4. The Bertz CT molecular complexity index is 2680. The summed E-state index contributed by atoms with van der Waals surface area (Å²) in [6.07, 6.45) is -1.26. The first-order valence-electron chi connectivity index (χ1n) is 20.8. The van der Waals surface area contributed by atoms with E-state index >= 15 is 0 Å². The van der Waals surface area contributed by atoms with Crippen LogP contribution in [0, 0.1) is 0 Å². The summed E-state index contributed by atoms with van der Waals surface area (Å²) in [4.78, 5) is 49.9. The Labute approximate surface area is 369 Å². The van der Waals surface area contributed by atoms with Crippen LogP contribution in [0.4, 0.5) is 10.7 Å². The molecule has 0 saturated heterocycles. The summed E-state index contributed by atoms with van der Waals surface area (Å²) in [5.41, 5.74) is 5.28. The molecular formula is C49H48N6O9. The monoisotopic (exact) mass is 864 g/mol. The maximum Gasteiger partial charge on any atom is 0.407 e. The number of methoxy groups -OCH3 is 2. The minimum atomic E-state index is -1.16. The van der Waals surface area contributed by atoms with Crippen LogP contribution in [0.3, 0.4) is 0 Å². The number of nitrogens with one attached hydrogen (secondary N) is 3. The number of hydrogen-bond acceptors (Lipinski definition) is 11. The first-order chi connectivity index (χ1) is 31.2. The number of aromatic amines is 1. The van der Waals surface area contributed by atoms with Crippen molar-refractivity contribution in [2.24, 2.45) is 0 Å². The van der Waals surface area contributed by atoms with Gasteiger partial charge in [-0.25, -0.2) is 9.78 Å². The van der Waals surface area contributed by atoms with E-state index in [1.165, 1.54) is 10.9 Å². The zero-order valence-electron chi connectivity index (χ0n) is 35.5. The molecule has 2 aromatic heterocycles. The smallest absolute Gasteiger partial charge is 0.407 e. The van der Waals surface area contributed by atoms with E-state index in [4.69, 9.17) is 23.7 Å². The topological polar surface area (TPSA) is 188 Å². The molecule has 0 bridgehead atoms. The van der Waals surface area contributed by atoms with Crippen LogP contribution < -0.4 is 25.7 Å². The number of ether oxygens (including phenoxy) is 5. The zero-order valence-corrected chi connectivity index (χ0v) is 35.5. The minimum absolute atomic E-state index is 0.0190. The van der Waals surface area contributed by atoms with Crippen molar-refractivity contribution in [3.8, 4) is 22.6 Å². The van der Waals surface area contributed by atoms with Gasteiger partial charge in [0.1, 0.15) is 36.5 Å². The minimum Gasteiger partial charge on any atom is -0.497 e. The Balaban J connectivity index is 0.917. The summed E-state index contributed by atoms with van der Waals surface area (Å²) in [5, 5.41) is 16.2. The zero-order chi connectivity index (χ0) is 44.6. The molecule has 0 spiro atoms. The van der Waals surface area contributed by atoms with E-state index in [2.05, 4.69) is 37.7 Å². The lowest BCUT2D eigenvalue weighted by molar-refractivity contribution is -0.119. The molecule has 15 heteroatoms. The number of aromatic nitrogens is 4. The highest BCUT2D eigenvalue weighted by Crippen LogP contribution is 2.45. The molecule has 328 valence electrons. The number of aliphatic hydroxyl groups excluding tert-OH is 1. The average molecular weight is 865 g/mol. The highest BCUT2D eigenvalue weighted by molar-refractivity contribution is 5.90. The van der Waals surface area contributed by atoms with Gasteiger partial charge in [0.2, 0.25) is 11.9 Å². The second-order valence-corrected chi connectivity index (χ2v) is 15.2. The fraction of sp³-hybridized carbons (Fsp3) is 0.245. The summed E-state index contributed by atoms with van der Waals surface area (Å²) in [6.45, 7) is 1.47. The molecule has 8 rings (SSSR count). The van der Waals surface area contributed by atoms with Gasteiger partial charge in [0.15, 0.2) is 11.2 Å². The molecule has 1 aliphatic rings. The number of aliphatic hydroxyl groups is 1. The number of hydrogen-bond donors (Lipinski definition) is 4. The van der Waals surface area contributed by atoms with Crippen LogP contribution >= 0.6 is 0 Å². The number of nitrogens with zero attached hydrogens (tertiary/aromatic N) is 3. The van der Waals surface area contributed by atoms with E-state index in [1.54, 1.807) is 21.1 Å². The van der Waals surface area contributed by atoms with Crippen LogP contribution in [0.15, 0.2) is 139 Å². The van der Waals surface area contributed by atoms with Crippen molar-refractivity contribution in [3.05, 3.63) is 172 Å². The molecule has 15 nitrogen and oxygen atoms in total. The van der Waals surface area contributed by atoms with Crippen LogP contribution in [0.5, 0.6) is 11.5 Å². The van der Waals surface area contributed by atoms with Crippen molar-refractivity contribution in [1.82, 2.24) is 24.8 Å². The Morgan fingerprint density at radius 3 is 1.98 bits per heavy atom. The van der Waals surface area contributed by atoms with Crippen molar-refractivity contribution in [3.63, 3.8) is 0 Å². The summed E-state index contributed by atoms with van der Waals surface area (Å²) < 4.78 is 31.2. The maximum absolute atomic E-state index is 13.1. The van der Waals surface area contributed by atoms with Crippen molar-refractivity contribution >= 4 is 29.1 Å². The van der Waals surface area contributed by atoms with Gasteiger partial charge >= 0.3 is 6.09 Å². The van der Waals surface area contributed by atoms with Crippen LogP contribution in [-0.4, -0.2) is 82.8 Å². The van der Waals surface area contributed by atoms with E-state index in [-0.39, 0.29) is 55.9 Å². The predicted octanol–water partition coefficient (Wildman–Crippen LogP) is 6.74. The number of benzene rings is 5. The fourth-order valence-electron chi connectivity index (χ4n) is 8.01. The molecule has 5 aromatic carbocycles. The lowest BCUT2D eigenvalue weighted by atomic mass is 9.80. The molecule has 64 heavy (non-hydrogen) atoms. The number of carbonyl (C=O) groups is 2. The van der Waals surface area contributed by atoms with Crippen LogP contribution in [0.2, 0.25) is 0 Å². The molecule has 0 aliphatic heterocycles. The number of rotatable bonds is 18. The van der Waals surface area contributed by atoms with Crippen molar-refractivity contribution in [2.45, 2.75) is 43.8 Å². The van der Waals surface area contributed by atoms with Gasteiger partial charge in [-0.3, -0.25) is 24.5 Å². The van der Waals surface area contributed by atoms with Crippen molar-refractivity contribution in [1.29, 1.82) is 0 Å². The molecule has 2 atom stereocenters. The van der Waals surface area contributed by atoms with Crippen LogP contribution in [-0.2, 0) is 31.3 Å². The number of amides is 2. The summed E-state index contributed by atoms with van der Waals surface area (Å²) in [5.74, 6) is 0.629. The molecule has 7 aromatic rings. The Morgan fingerprint density at radius 2 is 1.39 bits per heavy atom. The molecule has 1 aliphatic carbocycles. The van der Waals surface area contributed by atoms with Crippen molar-refractivity contribution < 1.29 is 38.4 Å². The van der Waals surface area contributed by atoms with Gasteiger partial charge < -0.3 is 34.1 Å². The van der Waals surface area contributed by atoms with Gasteiger partial charge in [0.25, 0.3) is 5.56 Å².